The van der Waals surface area contributed by atoms with Gasteiger partial charge in [-0.3, -0.25) is 4.98 Å². The van der Waals surface area contributed by atoms with Crippen LogP contribution in [0.3, 0.4) is 0 Å². The average molecular weight is 253 g/mol. The van der Waals surface area contributed by atoms with E-state index in [9.17, 15) is 5.11 Å². The molecule has 1 aromatic carbocycles. The van der Waals surface area contributed by atoms with E-state index < -0.39 is 6.10 Å². The lowest BCUT2D eigenvalue weighted by Crippen LogP contribution is -2.01. The standard InChI is InChI=1S/C16H15NO2/c18-16(8-7-13-5-3-9-19-13)15-11-17-10-12-4-1-2-6-14(12)15/h1-6,9-11,16,18H,7-8H2. The Labute approximate surface area is 111 Å². The first-order valence-electron chi connectivity index (χ1n) is 6.37. The minimum Gasteiger partial charge on any atom is -0.469 e. The molecule has 0 saturated heterocycles. The summed E-state index contributed by atoms with van der Waals surface area (Å²) in [6, 6.07) is 11.8. The molecule has 1 N–H and O–H groups in total. The summed E-state index contributed by atoms with van der Waals surface area (Å²) >= 11 is 0. The van der Waals surface area contributed by atoms with Gasteiger partial charge in [0.1, 0.15) is 5.76 Å². The van der Waals surface area contributed by atoms with Crippen molar-refractivity contribution in [1.29, 1.82) is 0 Å². The molecule has 0 bridgehead atoms. The second kappa shape index (κ2) is 5.24. The first-order chi connectivity index (χ1) is 9.34. The van der Waals surface area contributed by atoms with Crippen molar-refractivity contribution in [3.05, 3.63) is 66.4 Å². The maximum absolute atomic E-state index is 10.3. The van der Waals surface area contributed by atoms with E-state index in [0.29, 0.717) is 6.42 Å². The zero-order valence-electron chi connectivity index (χ0n) is 10.5. The number of furan rings is 1. The Morgan fingerprint density at radius 3 is 2.84 bits per heavy atom. The number of rotatable bonds is 4. The third-order valence-electron chi connectivity index (χ3n) is 3.30. The van der Waals surface area contributed by atoms with Crippen LogP contribution in [0.1, 0.15) is 23.8 Å². The fraction of sp³-hybridized carbons (Fsp3) is 0.188. The van der Waals surface area contributed by atoms with Gasteiger partial charge in [0, 0.05) is 29.8 Å². The van der Waals surface area contributed by atoms with Crippen molar-refractivity contribution in [1.82, 2.24) is 4.98 Å². The molecule has 2 aromatic heterocycles. The molecule has 0 spiro atoms. The molecule has 19 heavy (non-hydrogen) atoms. The van der Waals surface area contributed by atoms with Crippen LogP contribution in [0, 0.1) is 0 Å². The van der Waals surface area contributed by atoms with Gasteiger partial charge in [0.05, 0.1) is 12.4 Å². The molecule has 2 heterocycles. The first kappa shape index (κ1) is 11.9. The maximum atomic E-state index is 10.3. The molecule has 1 unspecified atom stereocenters. The van der Waals surface area contributed by atoms with E-state index >= 15 is 0 Å². The summed E-state index contributed by atoms with van der Waals surface area (Å²) in [5.41, 5.74) is 0.879. The van der Waals surface area contributed by atoms with E-state index in [1.54, 1.807) is 12.5 Å². The van der Waals surface area contributed by atoms with E-state index in [2.05, 4.69) is 4.98 Å². The lowest BCUT2D eigenvalue weighted by molar-refractivity contribution is 0.166. The van der Waals surface area contributed by atoms with E-state index in [1.807, 2.05) is 42.6 Å². The molecule has 0 radical (unpaired) electrons. The van der Waals surface area contributed by atoms with Crippen LogP contribution in [0.15, 0.2) is 59.5 Å². The Balaban J connectivity index is 1.83. The van der Waals surface area contributed by atoms with Gasteiger partial charge in [-0.2, -0.15) is 0 Å². The van der Waals surface area contributed by atoms with Gasteiger partial charge in [-0.1, -0.05) is 24.3 Å². The summed E-state index contributed by atoms with van der Waals surface area (Å²) in [7, 11) is 0. The van der Waals surface area contributed by atoms with E-state index in [4.69, 9.17) is 4.42 Å². The van der Waals surface area contributed by atoms with Gasteiger partial charge in [0.2, 0.25) is 0 Å². The molecule has 0 aliphatic heterocycles. The largest absolute Gasteiger partial charge is 0.469 e. The highest BCUT2D eigenvalue weighted by molar-refractivity contribution is 5.84. The van der Waals surface area contributed by atoms with Gasteiger partial charge in [0.25, 0.3) is 0 Å². The molecule has 0 aliphatic carbocycles. The highest BCUT2D eigenvalue weighted by Crippen LogP contribution is 2.26. The molecule has 3 rings (SSSR count). The van der Waals surface area contributed by atoms with Crippen molar-refractivity contribution >= 4 is 10.8 Å². The number of fused-ring (bicyclic) bond motifs is 1. The molecule has 3 heteroatoms. The van der Waals surface area contributed by atoms with Crippen LogP contribution < -0.4 is 0 Å². The van der Waals surface area contributed by atoms with Crippen molar-refractivity contribution < 1.29 is 9.52 Å². The molecular formula is C16H15NO2. The number of pyridine rings is 1. The summed E-state index contributed by atoms with van der Waals surface area (Å²) in [6.45, 7) is 0. The quantitative estimate of drug-likeness (QED) is 0.774. The summed E-state index contributed by atoms with van der Waals surface area (Å²) in [4.78, 5) is 4.20. The van der Waals surface area contributed by atoms with Crippen molar-refractivity contribution in [2.45, 2.75) is 18.9 Å². The predicted molar refractivity (Wildman–Crippen MR) is 73.7 cm³/mol. The fourth-order valence-electron chi connectivity index (χ4n) is 2.29. The predicted octanol–water partition coefficient (Wildman–Crippen LogP) is 3.49. The zero-order chi connectivity index (χ0) is 13.1. The molecule has 0 aliphatic rings. The third kappa shape index (κ3) is 2.51. The lowest BCUT2D eigenvalue weighted by Gasteiger charge is -2.12. The van der Waals surface area contributed by atoms with Gasteiger partial charge in [-0.25, -0.2) is 0 Å². The summed E-state index contributed by atoms with van der Waals surface area (Å²) in [5.74, 6) is 0.896. The first-order valence-corrected chi connectivity index (χ1v) is 6.37. The molecule has 3 aromatic rings. The normalized spacial score (nSPS) is 12.7. The number of aromatic nitrogens is 1. The number of hydrogen-bond donors (Lipinski definition) is 1. The number of aliphatic hydroxyl groups excluding tert-OH is 1. The monoisotopic (exact) mass is 253 g/mol. The maximum Gasteiger partial charge on any atom is 0.103 e. The highest BCUT2D eigenvalue weighted by atomic mass is 16.3. The molecule has 1 atom stereocenters. The van der Waals surface area contributed by atoms with Crippen LogP contribution in [0.2, 0.25) is 0 Å². The van der Waals surface area contributed by atoms with Gasteiger partial charge >= 0.3 is 0 Å². The summed E-state index contributed by atoms with van der Waals surface area (Å²) < 4.78 is 5.28. The molecule has 0 amide bonds. The minimum absolute atomic E-state index is 0.524. The number of aryl methyl sites for hydroxylation is 1. The van der Waals surface area contributed by atoms with Crippen molar-refractivity contribution in [3.63, 3.8) is 0 Å². The molecule has 3 nitrogen and oxygen atoms in total. The Kier molecular flexibility index (Phi) is 3.29. The third-order valence-corrected chi connectivity index (χ3v) is 3.30. The number of nitrogens with zero attached hydrogens (tertiary/aromatic N) is 1. The van der Waals surface area contributed by atoms with Crippen LogP contribution in [0.4, 0.5) is 0 Å². The van der Waals surface area contributed by atoms with Gasteiger partial charge < -0.3 is 9.52 Å². The van der Waals surface area contributed by atoms with Gasteiger partial charge in [-0.15, -0.1) is 0 Å². The Morgan fingerprint density at radius 1 is 1.11 bits per heavy atom. The minimum atomic E-state index is -0.524. The lowest BCUT2D eigenvalue weighted by atomic mass is 10.00. The van der Waals surface area contributed by atoms with Gasteiger partial charge in [0.15, 0.2) is 0 Å². The Bertz CT molecular complexity index is 656. The van der Waals surface area contributed by atoms with Crippen molar-refractivity contribution in [2.75, 3.05) is 0 Å². The average Bonchev–Trinajstić information content (AvgIpc) is 2.97. The molecular weight excluding hydrogens is 238 g/mol. The van der Waals surface area contributed by atoms with Crippen LogP contribution in [-0.4, -0.2) is 10.1 Å². The number of aliphatic hydroxyl groups is 1. The van der Waals surface area contributed by atoms with Crippen LogP contribution in [-0.2, 0) is 6.42 Å². The second-order valence-corrected chi connectivity index (χ2v) is 4.58. The van der Waals surface area contributed by atoms with Gasteiger partial charge in [-0.05, 0) is 23.9 Å². The molecule has 96 valence electrons. The number of benzene rings is 1. The van der Waals surface area contributed by atoms with Crippen molar-refractivity contribution in [2.24, 2.45) is 0 Å². The Morgan fingerprint density at radius 2 is 2.00 bits per heavy atom. The van der Waals surface area contributed by atoms with Crippen LogP contribution in [0.25, 0.3) is 10.8 Å². The number of hydrogen-bond acceptors (Lipinski definition) is 3. The summed E-state index contributed by atoms with van der Waals surface area (Å²) in [5, 5.41) is 12.4. The topological polar surface area (TPSA) is 46.3 Å². The van der Waals surface area contributed by atoms with Crippen LogP contribution >= 0.6 is 0 Å². The molecule has 0 fully saturated rings. The Hall–Kier alpha value is -2.13. The van der Waals surface area contributed by atoms with Crippen molar-refractivity contribution in [3.8, 4) is 0 Å². The van der Waals surface area contributed by atoms with E-state index in [-0.39, 0.29) is 0 Å². The molecule has 0 saturated carbocycles. The highest BCUT2D eigenvalue weighted by Gasteiger charge is 2.12. The van der Waals surface area contributed by atoms with E-state index in [0.717, 1.165) is 28.5 Å². The smallest absolute Gasteiger partial charge is 0.103 e. The SMILES string of the molecule is OC(CCc1ccco1)c1cncc2ccccc12. The summed E-state index contributed by atoms with van der Waals surface area (Å²) in [6.07, 6.45) is 6.04. The second-order valence-electron chi connectivity index (χ2n) is 4.58. The van der Waals surface area contributed by atoms with E-state index in [1.165, 1.54) is 0 Å². The zero-order valence-corrected chi connectivity index (χ0v) is 10.5. The fourth-order valence-corrected chi connectivity index (χ4v) is 2.29. The van der Waals surface area contributed by atoms with Crippen LogP contribution in [0.5, 0.6) is 0 Å².